The van der Waals surface area contributed by atoms with E-state index in [2.05, 4.69) is 9.71 Å². The number of aromatic amines is 1. The first kappa shape index (κ1) is 20.4. The van der Waals surface area contributed by atoms with E-state index in [4.69, 9.17) is 4.84 Å². The average Bonchev–Trinajstić information content (AvgIpc) is 3.35. The number of anilines is 1. The van der Waals surface area contributed by atoms with E-state index in [-0.39, 0.29) is 21.7 Å². The van der Waals surface area contributed by atoms with Gasteiger partial charge >= 0.3 is 5.97 Å². The van der Waals surface area contributed by atoms with Crippen LogP contribution in [0.5, 0.6) is 0 Å². The molecule has 0 saturated carbocycles. The molecule has 158 valence electrons. The number of benzene rings is 2. The monoisotopic (exact) mass is 439 g/mol. The number of sulfonamides is 1. The molecule has 0 fully saturated rings. The fourth-order valence-electron chi connectivity index (χ4n) is 3.10. The van der Waals surface area contributed by atoms with Crippen LogP contribution in [-0.2, 0) is 21.3 Å². The number of aromatic nitrogens is 1. The molecule has 2 N–H and O–H groups in total. The molecule has 9 nitrogen and oxygen atoms in total. The number of carbonyl (C=O) groups excluding carboxylic acids is 3. The molecule has 0 atom stereocenters. The third-order valence-corrected chi connectivity index (χ3v) is 6.07. The Labute approximate surface area is 177 Å². The second-order valence-corrected chi connectivity index (χ2v) is 8.42. The summed E-state index contributed by atoms with van der Waals surface area (Å²) < 4.78 is 27.7. The normalized spacial score (nSPS) is 13.3. The van der Waals surface area contributed by atoms with E-state index in [1.54, 1.807) is 30.3 Å². The second kappa shape index (κ2) is 7.73. The van der Waals surface area contributed by atoms with Crippen molar-refractivity contribution in [2.75, 3.05) is 4.72 Å². The summed E-state index contributed by atoms with van der Waals surface area (Å²) in [5.74, 6) is -2.62. The third-order valence-electron chi connectivity index (χ3n) is 4.71. The van der Waals surface area contributed by atoms with Crippen LogP contribution in [0.4, 0.5) is 5.69 Å². The molecule has 2 heterocycles. The fourth-order valence-corrected chi connectivity index (χ4v) is 4.14. The highest BCUT2D eigenvalue weighted by Crippen LogP contribution is 2.24. The number of nitrogens with one attached hydrogen (secondary N) is 2. The zero-order chi connectivity index (χ0) is 22.2. The lowest BCUT2D eigenvalue weighted by Gasteiger charge is -2.11. The largest absolute Gasteiger partial charge is 0.380 e. The zero-order valence-corrected chi connectivity index (χ0v) is 17.1. The van der Waals surface area contributed by atoms with Crippen molar-refractivity contribution >= 4 is 33.5 Å². The van der Waals surface area contributed by atoms with Crippen LogP contribution in [0.3, 0.4) is 0 Å². The Kier molecular flexibility index (Phi) is 5.07. The van der Waals surface area contributed by atoms with E-state index in [0.717, 1.165) is 24.2 Å². The first-order valence-electron chi connectivity index (χ1n) is 9.30. The van der Waals surface area contributed by atoms with Gasteiger partial charge in [-0.15, -0.1) is 0 Å². The number of H-pyrrole nitrogens is 1. The number of hydrogen-bond donors (Lipinski definition) is 2. The first-order valence-corrected chi connectivity index (χ1v) is 10.8. The van der Waals surface area contributed by atoms with Gasteiger partial charge in [0.2, 0.25) is 0 Å². The molecule has 3 aromatic rings. The van der Waals surface area contributed by atoms with Crippen molar-refractivity contribution in [3.8, 4) is 0 Å². The lowest BCUT2D eigenvalue weighted by molar-refractivity contribution is -0.0588. The molecule has 0 radical (unpaired) electrons. The SMILES string of the molecule is CCc1cccc(NS(=O)(=O)c2c[nH]c(C(=O)ON3C(=O)c4ccccc4C3=O)c2)c1. The summed E-state index contributed by atoms with van der Waals surface area (Å²) in [4.78, 5) is 44.2. The number of hydroxylamine groups is 2. The summed E-state index contributed by atoms with van der Waals surface area (Å²) in [5.41, 5.74) is 1.34. The number of fused-ring (bicyclic) bond motifs is 1. The van der Waals surface area contributed by atoms with Gasteiger partial charge in [-0.3, -0.25) is 14.3 Å². The number of hydrogen-bond acceptors (Lipinski definition) is 6. The number of amides is 2. The summed E-state index contributed by atoms with van der Waals surface area (Å²) in [6.07, 6.45) is 1.86. The minimum absolute atomic E-state index is 0.119. The molecule has 1 aromatic heterocycles. The lowest BCUT2D eigenvalue weighted by Crippen LogP contribution is -2.32. The van der Waals surface area contributed by atoms with E-state index < -0.39 is 27.8 Å². The van der Waals surface area contributed by atoms with Crippen molar-refractivity contribution in [1.29, 1.82) is 0 Å². The molecule has 1 aliphatic heterocycles. The van der Waals surface area contributed by atoms with Gasteiger partial charge in [0.05, 0.1) is 11.1 Å². The lowest BCUT2D eigenvalue weighted by atomic mass is 10.1. The van der Waals surface area contributed by atoms with Crippen LogP contribution in [0.2, 0.25) is 0 Å². The van der Waals surface area contributed by atoms with Crippen LogP contribution in [-0.4, -0.2) is 36.2 Å². The van der Waals surface area contributed by atoms with E-state index in [9.17, 15) is 22.8 Å². The third kappa shape index (κ3) is 3.80. The van der Waals surface area contributed by atoms with Gasteiger partial charge in [0, 0.05) is 11.9 Å². The van der Waals surface area contributed by atoms with Crippen LogP contribution in [0.1, 0.15) is 43.7 Å². The van der Waals surface area contributed by atoms with Crippen molar-refractivity contribution in [1.82, 2.24) is 10.0 Å². The molecule has 1 aliphatic rings. The van der Waals surface area contributed by atoms with Gasteiger partial charge in [0.25, 0.3) is 21.8 Å². The molecule has 0 bridgehead atoms. The molecule has 4 rings (SSSR count). The Balaban J connectivity index is 1.50. The first-order chi connectivity index (χ1) is 14.8. The van der Waals surface area contributed by atoms with Crippen molar-refractivity contribution in [2.24, 2.45) is 0 Å². The molecule has 0 aliphatic carbocycles. The number of rotatable bonds is 6. The van der Waals surface area contributed by atoms with Gasteiger partial charge in [-0.05, 0) is 42.3 Å². The molecular formula is C21H17N3O6S. The predicted molar refractivity (Wildman–Crippen MR) is 110 cm³/mol. The maximum Gasteiger partial charge on any atom is 0.380 e. The van der Waals surface area contributed by atoms with Crippen LogP contribution < -0.4 is 4.72 Å². The standard InChI is InChI=1S/C21H17N3O6S/c1-2-13-6-5-7-14(10-13)23-31(28,29)15-11-18(22-12-15)21(27)30-24-19(25)16-8-3-4-9-17(16)20(24)26/h3-12,22-23H,2H2,1H3. The number of carbonyl (C=O) groups is 3. The van der Waals surface area contributed by atoms with Crippen molar-refractivity contribution < 1.29 is 27.6 Å². The number of aryl methyl sites for hydroxylation is 1. The minimum Gasteiger partial charge on any atom is -0.354 e. The predicted octanol–water partition coefficient (Wildman–Crippen LogP) is 2.75. The number of nitrogens with zero attached hydrogens (tertiary/aromatic N) is 1. The van der Waals surface area contributed by atoms with Crippen LogP contribution in [0.25, 0.3) is 0 Å². The summed E-state index contributed by atoms with van der Waals surface area (Å²) in [6.45, 7) is 1.95. The Morgan fingerprint density at radius 2 is 1.71 bits per heavy atom. The highest BCUT2D eigenvalue weighted by Gasteiger charge is 2.39. The maximum atomic E-state index is 12.6. The quantitative estimate of drug-likeness (QED) is 0.569. The molecule has 2 aromatic carbocycles. The summed E-state index contributed by atoms with van der Waals surface area (Å²) >= 11 is 0. The smallest absolute Gasteiger partial charge is 0.354 e. The molecular weight excluding hydrogens is 422 g/mol. The summed E-state index contributed by atoms with van der Waals surface area (Å²) in [7, 11) is -3.98. The molecule has 10 heteroatoms. The van der Waals surface area contributed by atoms with E-state index in [1.807, 2.05) is 13.0 Å². The Hall–Kier alpha value is -3.92. The highest BCUT2D eigenvalue weighted by atomic mass is 32.2. The molecule has 2 amide bonds. The fraction of sp³-hybridized carbons (Fsp3) is 0.0952. The van der Waals surface area contributed by atoms with Crippen LogP contribution in [0, 0.1) is 0 Å². The van der Waals surface area contributed by atoms with Gasteiger partial charge in [-0.1, -0.05) is 36.3 Å². The van der Waals surface area contributed by atoms with E-state index in [0.29, 0.717) is 10.8 Å². The molecule has 0 saturated heterocycles. The van der Waals surface area contributed by atoms with Crippen molar-refractivity contribution in [3.05, 3.63) is 83.2 Å². The van der Waals surface area contributed by atoms with Crippen molar-refractivity contribution in [2.45, 2.75) is 18.2 Å². The Bertz CT molecular complexity index is 1280. The second-order valence-electron chi connectivity index (χ2n) is 6.74. The molecule has 31 heavy (non-hydrogen) atoms. The van der Waals surface area contributed by atoms with Gasteiger partial charge in [0.15, 0.2) is 0 Å². The zero-order valence-electron chi connectivity index (χ0n) is 16.3. The Morgan fingerprint density at radius 3 is 2.35 bits per heavy atom. The molecule has 0 unspecified atom stereocenters. The average molecular weight is 439 g/mol. The Morgan fingerprint density at radius 1 is 1.03 bits per heavy atom. The molecule has 0 spiro atoms. The van der Waals surface area contributed by atoms with Gasteiger partial charge in [-0.2, -0.15) is 0 Å². The van der Waals surface area contributed by atoms with Crippen LogP contribution >= 0.6 is 0 Å². The summed E-state index contributed by atoms with van der Waals surface area (Å²) in [6, 6.07) is 14.1. The van der Waals surface area contributed by atoms with Crippen LogP contribution in [0.15, 0.2) is 65.7 Å². The van der Waals surface area contributed by atoms with E-state index >= 15 is 0 Å². The van der Waals surface area contributed by atoms with Crippen molar-refractivity contribution in [3.63, 3.8) is 0 Å². The summed E-state index contributed by atoms with van der Waals surface area (Å²) in [5, 5.41) is 0.358. The highest BCUT2D eigenvalue weighted by molar-refractivity contribution is 7.92. The van der Waals surface area contributed by atoms with Gasteiger partial charge in [-0.25, -0.2) is 13.2 Å². The van der Waals surface area contributed by atoms with E-state index in [1.165, 1.54) is 12.1 Å². The maximum absolute atomic E-state index is 12.6. The van der Waals surface area contributed by atoms with Gasteiger partial charge < -0.3 is 9.82 Å². The minimum atomic E-state index is -3.98. The number of imide groups is 1. The van der Waals surface area contributed by atoms with Gasteiger partial charge in [0.1, 0.15) is 10.6 Å². The topological polar surface area (TPSA) is 126 Å².